The summed E-state index contributed by atoms with van der Waals surface area (Å²) in [5.41, 5.74) is 5.61. The molecule has 1 amide bonds. The minimum absolute atomic E-state index is 0.321. The zero-order valence-corrected chi connectivity index (χ0v) is 11.4. The van der Waals surface area contributed by atoms with Crippen LogP contribution in [-0.2, 0) is 9.53 Å². The van der Waals surface area contributed by atoms with Crippen molar-refractivity contribution in [2.75, 3.05) is 20.2 Å². The van der Waals surface area contributed by atoms with E-state index >= 15 is 0 Å². The van der Waals surface area contributed by atoms with E-state index in [2.05, 4.69) is 0 Å². The molecule has 0 aromatic heterocycles. The van der Waals surface area contributed by atoms with Crippen molar-refractivity contribution in [3.8, 4) is 0 Å². The minimum atomic E-state index is 0.321. The number of rotatable bonds is 2. The molecule has 4 nitrogen and oxygen atoms in total. The van der Waals surface area contributed by atoms with E-state index in [-0.39, 0.29) is 0 Å². The molecule has 0 aromatic rings. The van der Waals surface area contributed by atoms with Crippen molar-refractivity contribution in [2.24, 2.45) is 5.73 Å². The predicted octanol–water partition coefficient (Wildman–Crippen LogP) is 1.63. The number of hydrogen-bond donors (Lipinski definition) is 1. The SMILES string of the molecule is CC.COC(C)C.NC1CCN(C=O)CC1. The van der Waals surface area contributed by atoms with E-state index in [1.165, 1.54) is 0 Å². The summed E-state index contributed by atoms with van der Waals surface area (Å²) in [6.45, 7) is 9.68. The first-order valence-corrected chi connectivity index (χ1v) is 6.07. The van der Waals surface area contributed by atoms with Gasteiger partial charge in [0.25, 0.3) is 0 Å². The summed E-state index contributed by atoms with van der Waals surface area (Å²) in [6.07, 6.45) is 3.19. The molecule has 0 unspecified atom stereocenters. The molecular formula is C12H28N2O2. The lowest BCUT2D eigenvalue weighted by Crippen LogP contribution is -2.38. The first kappa shape index (κ1) is 17.8. The third kappa shape index (κ3) is 11.5. The van der Waals surface area contributed by atoms with E-state index in [0.29, 0.717) is 12.1 Å². The second kappa shape index (κ2) is 12.5. The Labute approximate surface area is 100 Å². The van der Waals surface area contributed by atoms with Crippen molar-refractivity contribution in [3.05, 3.63) is 0 Å². The number of piperidine rings is 1. The van der Waals surface area contributed by atoms with Gasteiger partial charge in [-0.25, -0.2) is 0 Å². The highest BCUT2D eigenvalue weighted by Crippen LogP contribution is 2.04. The average molecular weight is 232 g/mol. The third-order valence-corrected chi connectivity index (χ3v) is 2.19. The van der Waals surface area contributed by atoms with Gasteiger partial charge in [-0.15, -0.1) is 0 Å². The van der Waals surface area contributed by atoms with Crippen molar-refractivity contribution in [1.82, 2.24) is 4.90 Å². The zero-order chi connectivity index (χ0) is 13.0. The summed E-state index contributed by atoms with van der Waals surface area (Å²) in [4.78, 5) is 11.9. The molecule has 0 aliphatic carbocycles. The van der Waals surface area contributed by atoms with Gasteiger partial charge in [0.2, 0.25) is 6.41 Å². The molecule has 0 bridgehead atoms. The van der Waals surface area contributed by atoms with Crippen LogP contribution in [0.25, 0.3) is 0 Å². The zero-order valence-electron chi connectivity index (χ0n) is 11.4. The molecule has 0 saturated carbocycles. The number of amides is 1. The van der Waals surface area contributed by atoms with E-state index in [0.717, 1.165) is 32.3 Å². The van der Waals surface area contributed by atoms with Crippen molar-refractivity contribution in [3.63, 3.8) is 0 Å². The minimum Gasteiger partial charge on any atom is -0.382 e. The number of nitrogens with two attached hydrogens (primary N) is 1. The van der Waals surface area contributed by atoms with Gasteiger partial charge >= 0.3 is 0 Å². The number of nitrogens with zero attached hydrogens (tertiary/aromatic N) is 1. The lowest BCUT2D eigenvalue weighted by Gasteiger charge is -2.26. The van der Waals surface area contributed by atoms with Crippen LogP contribution in [0.2, 0.25) is 0 Å². The van der Waals surface area contributed by atoms with E-state index in [4.69, 9.17) is 10.5 Å². The van der Waals surface area contributed by atoms with Gasteiger partial charge in [0.15, 0.2) is 0 Å². The molecule has 1 rings (SSSR count). The lowest BCUT2D eigenvalue weighted by atomic mass is 10.1. The summed E-state index contributed by atoms with van der Waals surface area (Å²) >= 11 is 0. The van der Waals surface area contributed by atoms with Crippen molar-refractivity contribution in [2.45, 2.75) is 52.7 Å². The Hall–Kier alpha value is -0.610. The van der Waals surface area contributed by atoms with E-state index in [1.54, 1.807) is 12.0 Å². The molecule has 0 atom stereocenters. The second-order valence-electron chi connectivity index (χ2n) is 3.76. The fraction of sp³-hybridized carbons (Fsp3) is 0.917. The predicted molar refractivity (Wildman–Crippen MR) is 68.3 cm³/mol. The van der Waals surface area contributed by atoms with Crippen molar-refractivity contribution >= 4 is 6.41 Å². The van der Waals surface area contributed by atoms with Crippen LogP contribution in [0, 0.1) is 0 Å². The Bertz CT molecular complexity index is 144. The number of ether oxygens (including phenoxy) is 1. The van der Waals surface area contributed by atoms with Gasteiger partial charge in [-0.1, -0.05) is 13.8 Å². The Morgan fingerprint density at radius 1 is 1.31 bits per heavy atom. The smallest absolute Gasteiger partial charge is 0.209 e. The van der Waals surface area contributed by atoms with Gasteiger partial charge in [0.05, 0.1) is 6.10 Å². The molecule has 0 aromatic carbocycles. The van der Waals surface area contributed by atoms with Crippen LogP contribution >= 0.6 is 0 Å². The number of hydrogen-bond acceptors (Lipinski definition) is 3. The molecule has 2 N–H and O–H groups in total. The summed E-state index contributed by atoms with van der Waals surface area (Å²) in [7, 11) is 1.70. The molecule has 1 fully saturated rings. The number of carbonyl (C=O) groups excluding carboxylic acids is 1. The van der Waals surface area contributed by atoms with Crippen LogP contribution in [-0.4, -0.2) is 43.7 Å². The summed E-state index contributed by atoms with van der Waals surface area (Å²) < 4.78 is 4.75. The highest BCUT2D eigenvalue weighted by molar-refractivity contribution is 5.47. The van der Waals surface area contributed by atoms with Gasteiger partial charge in [-0.2, -0.15) is 0 Å². The fourth-order valence-corrected chi connectivity index (χ4v) is 1.02. The number of likely N-dealkylation sites (tertiary alicyclic amines) is 1. The molecule has 98 valence electrons. The van der Waals surface area contributed by atoms with Gasteiger partial charge in [-0.05, 0) is 26.7 Å². The second-order valence-corrected chi connectivity index (χ2v) is 3.76. The van der Waals surface area contributed by atoms with Gasteiger partial charge in [-0.3, -0.25) is 4.79 Å². The summed E-state index contributed by atoms with van der Waals surface area (Å²) in [5, 5.41) is 0. The topological polar surface area (TPSA) is 55.6 Å². The highest BCUT2D eigenvalue weighted by Gasteiger charge is 2.13. The molecule has 1 saturated heterocycles. The first-order valence-electron chi connectivity index (χ1n) is 6.07. The first-order chi connectivity index (χ1) is 7.60. The van der Waals surface area contributed by atoms with Crippen LogP contribution in [0.15, 0.2) is 0 Å². The Morgan fingerprint density at radius 3 is 1.94 bits per heavy atom. The number of methoxy groups -OCH3 is 1. The van der Waals surface area contributed by atoms with Gasteiger partial charge in [0, 0.05) is 26.2 Å². The molecule has 1 aliphatic heterocycles. The molecule has 4 heteroatoms. The summed E-state index contributed by atoms with van der Waals surface area (Å²) in [5.74, 6) is 0. The van der Waals surface area contributed by atoms with Crippen LogP contribution in [0.5, 0.6) is 0 Å². The molecule has 0 spiro atoms. The van der Waals surface area contributed by atoms with Crippen LogP contribution < -0.4 is 5.73 Å². The monoisotopic (exact) mass is 232 g/mol. The van der Waals surface area contributed by atoms with Crippen LogP contribution in [0.1, 0.15) is 40.5 Å². The molecule has 1 heterocycles. The average Bonchev–Trinajstić information content (AvgIpc) is 2.33. The largest absolute Gasteiger partial charge is 0.382 e. The lowest BCUT2D eigenvalue weighted by molar-refractivity contribution is -0.119. The Morgan fingerprint density at radius 2 is 1.69 bits per heavy atom. The van der Waals surface area contributed by atoms with E-state index in [1.807, 2.05) is 27.7 Å². The third-order valence-electron chi connectivity index (χ3n) is 2.19. The van der Waals surface area contributed by atoms with E-state index < -0.39 is 0 Å². The van der Waals surface area contributed by atoms with Gasteiger partial charge < -0.3 is 15.4 Å². The maximum Gasteiger partial charge on any atom is 0.209 e. The van der Waals surface area contributed by atoms with E-state index in [9.17, 15) is 4.79 Å². The molecule has 1 aliphatic rings. The summed E-state index contributed by atoms with van der Waals surface area (Å²) in [6, 6.07) is 0.321. The molecular weight excluding hydrogens is 204 g/mol. The highest BCUT2D eigenvalue weighted by atomic mass is 16.5. The van der Waals surface area contributed by atoms with Crippen molar-refractivity contribution < 1.29 is 9.53 Å². The van der Waals surface area contributed by atoms with Gasteiger partial charge in [0.1, 0.15) is 0 Å². The maximum atomic E-state index is 10.2. The van der Waals surface area contributed by atoms with Crippen LogP contribution in [0.4, 0.5) is 0 Å². The maximum absolute atomic E-state index is 10.2. The quantitative estimate of drug-likeness (QED) is 0.736. The Balaban J connectivity index is 0. The fourth-order valence-electron chi connectivity index (χ4n) is 1.02. The normalized spacial score (nSPS) is 15.8. The Kier molecular flexibility index (Phi) is 13.8. The van der Waals surface area contributed by atoms with Crippen LogP contribution in [0.3, 0.4) is 0 Å². The van der Waals surface area contributed by atoms with Crippen molar-refractivity contribution in [1.29, 1.82) is 0 Å². The number of carbonyl (C=O) groups is 1. The standard InChI is InChI=1S/C6H12N2O.C4H10O.C2H6/c7-6-1-3-8(5-9)4-2-6;1-4(2)5-3;1-2/h5-6H,1-4,7H2;4H,1-3H3;1-2H3. The molecule has 16 heavy (non-hydrogen) atoms. The molecule has 0 radical (unpaired) electrons.